The highest BCUT2D eigenvalue weighted by Crippen LogP contribution is 2.37. The smallest absolute Gasteiger partial charge is 0.137 e. The van der Waals surface area contributed by atoms with Crippen LogP contribution >= 0.6 is 0 Å². The van der Waals surface area contributed by atoms with Crippen molar-refractivity contribution in [2.24, 2.45) is 4.99 Å². The Morgan fingerprint density at radius 2 is 1.78 bits per heavy atom. The minimum atomic E-state index is 0.0698. The van der Waals surface area contributed by atoms with Crippen molar-refractivity contribution < 1.29 is 14.2 Å². The van der Waals surface area contributed by atoms with Gasteiger partial charge < -0.3 is 19.1 Å². The fourth-order valence-corrected chi connectivity index (χ4v) is 4.92. The fourth-order valence-electron chi connectivity index (χ4n) is 4.92. The van der Waals surface area contributed by atoms with Gasteiger partial charge in [0.05, 0.1) is 49.1 Å². The second kappa shape index (κ2) is 10.1. The van der Waals surface area contributed by atoms with E-state index < -0.39 is 0 Å². The number of nitriles is 1. The van der Waals surface area contributed by atoms with Crippen LogP contribution < -0.4 is 9.64 Å². The van der Waals surface area contributed by atoms with Gasteiger partial charge in [-0.15, -0.1) is 0 Å². The normalized spacial score (nSPS) is 17.9. The van der Waals surface area contributed by atoms with E-state index in [0.717, 1.165) is 73.1 Å². The largest absolute Gasteiger partial charge is 0.489 e. The number of hydrogen-bond donors (Lipinski definition) is 0. The van der Waals surface area contributed by atoms with E-state index >= 15 is 0 Å². The quantitative estimate of drug-likeness (QED) is 0.542. The lowest BCUT2D eigenvalue weighted by Gasteiger charge is -2.29. The minimum Gasteiger partial charge on any atom is -0.489 e. The Labute approximate surface area is 210 Å². The number of fused-ring (bicyclic) bond motifs is 1. The van der Waals surface area contributed by atoms with Gasteiger partial charge in [-0.2, -0.15) is 5.26 Å². The number of rotatable bonds is 5. The number of anilines is 1. The van der Waals surface area contributed by atoms with Crippen LogP contribution in [0, 0.1) is 11.3 Å². The summed E-state index contributed by atoms with van der Waals surface area (Å²) in [4.78, 5) is 16.4. The molecule has 0 amide bonds. The first-order chi connectivity index (χ1) is 17.8. The lowest BCUT2D eigenvalue weighted by Crippen LogP contribution is -2.36. The van der Waals surface area contributed by atoms with E-state index in [-0.39, 0.29) is 6.10 Å². The first-order valence-electron chi connectivity index (χ1n) is 12.4. The highest BCUT2D eigenvalue weighted by molar-refractivity contribution is 6.08. The molecule has 3 aromatic rings. The molecule has 0 bridgehead atoms. The summed E-state index contributed by atoms with van der Waals surface area (Å²) in [6, 6.07) is 16.4. The second-order valence-electron chi connectivity index (χ2n) is 9.15. The number of ether oxygens (including phenoxy) is 3. The average molecular weight is 482 g/mol. The summed E-state index contributed by atoms with van der Waals surface area (Å²) in [5.74, 6) is 0.600. The van der Waals surface area contributed by atoms with Crippen LogP contribution in [0.2, 0.25) is 0 Å². The molecular weight excluding hydrogens is 454 g/mol. The summed E-state index contributed by atoms with van der Waals surface area (Å²) in [6.07, 6.45) is 3.95. The van der Waals surface area contributed by atoms with Crippen LogP contribution in [0.15, 0.2) is 53.8 Å². The lowest BCUT2D eigenvalue weighted by atomic mass is 10.0. The van der Waals surface area contributed by atoms with Gasteiger partial charge in [0.2, 0.25) is 0 Å². The van der Waals surface area contributed by atoms with Crippen LogP contribution in [-0.4, -0.2) is 61.3 Å². The number of aromatic nitrogens is 2. The Morgan fingerprint density at radius 1 is 0.944 bits per heavy atom. The number of morpholine rings is 1. The lowest BCUT2D eigenvalue weighted by molar-refractivity contribution is 0.0254. The molecule has 2 aromatic carbocycles. The van der Waals surface area contributed by atoms with E-state index in [2.05, 4.69) is 45.2 Å². The third-order valence-corrected chi connectivity index (χ3v) is 6.87. The maximum absolute atomic E-state index is 9.81. The molecule has 1 aromatic heterocycles. The summed E-state index contributed by atoms with van der Waals surface area (Å²) >= 11 is 0. The highest BCUT2D eigenvalue weighted by atomic mass is 16.5. The fraction of sp³-hybridized carbons (Fsp3) is 0.357. The Bertz CT molecular complexity index is 1340. The van der Waals surface area contributed by atoms with Gasteiger partial charge in [0.25, 0.3) is 0 Å². The van der Waals surface area contributed by atoms with E-state index in [1.807, 2.05) is 18.2 Å². The zero-order valence-corrected chi connectivity index (χ0v) is 20.0. The topological polar surface area (TPSA) is 92.9 Å². The average Bonchev–Trinajstić information content (AvgIpc) is 3.39. The molecule has 6 rings (SSSR count). The van der Waals surface area contributed by atoms with Crippen molar-refractivity contribution in [3.8, 4) is 23.1 Å². The molecule has 2 saturated heterocycles. The first-order valence-corrected chi connectivity index (χ1v) is 12.4. The summed E-state index contributed by atoms with van der Waals surface area (Å²) < 4.78 is 17.0. The number of benzene rings is 2. The second-order valence-corrected chi connectivity index (χ2v) is 9.15. The molecule has 0 atom stereocenters. The molecule has 0 N–H and O–H groups in total. The molecule has 0 saturated carbocycles. The predicted octanol–water partition coefficient (Wildman–Crippen LogP) is 4.09. The van der Waals surface area contributed by atoms with Gasteiger partial charge in [-0.3, -0.25) is 0 Å². The number of nitrogens with zero attached hydrogens (tertiary/aromatic N) is 5. The van der Waals surface area contributed by atoms with Gasteiger partial charge in [0.15, 0.2) is 0 Å². The molecule has 8 nitrogen and oxygen atoms in total. The van der Waals surface area contributed by atoms with Gasteiger partial charge in [-0.05, 0) is 35.9 Å². The first kappa shape index (κ1) is 22.7. The van der Waals surface area contributed by atoms with Crippen molar-refractivity contribution >= 4 is 17.1 Å². The van der Waals surface area contributed by atoms with Crippen LogP contribution in [-0.2, 0) is 15.9 Å². The molecule has 8 heteroatoms. The SMILES string of the molecule is N#Cc1cc(-c2ncnc3c2N=C(c2cccc(N4CCOCC4)c2)C3)ccc1OC1CCOCC1. The van der Waals surface area contributed by atoms with Crippen molar-refractivity contribution in [3.63, 3.8) is 0 Å². The predicted molar refractivity (Wildman–Crippen MR) is 136 cm³/mol. The van der Waals surface area contributed by atoms with Crippen molar-refractivity contribution in [1.29, 1.82) is 5.26 Å². The summed E-state index contributed by atoms with van der Waals surface area (Å²) in [5, 5.41) is 9.81. The molecule has 2 fully saturated rings. The Morgan fingerprint density at radius 3 is 2.61 bits per heavy atom. The van der Waals surface area contributed by atoms with E-state index in [1.54, 1.807) is 6.33 Å². The van der Waals surface area contributed by atoms with Crippen molar-refractivity contribution in [3.05, 3.63) is 65.6 Å². The maximum atomic E-state index is 9.81. The van der Waals surface area contributed by atoms with E-state index in [9.17, 15) is 5.26 Å². The van der Waals surface area contributed by atoms with Gasteiger partial charge >= 0.3 is 0 Å². The van der Waals surface area contributed by atoms with Crippen LogP contribution in [0.25, 0.3) is 11.3 Å². The highest BCUT2D eigenvalue weighted by Gasteiger charge is 2.24. The van der Waals surface area contributed by atoms with Gasteiger partial charge in [0, 0.05) is 43.6 Å². The zero-order chi connectivity index (χ0) is 24.3. The molecular formula is C28H27N5O3. The van der Waals surface area contributed by atoms with Crippen LogP contribution in [0.4, 0.5) is 11.4 Å². The van der Waals surface area contributed by atoms with Crippen molar-refractivity contribution in [1.82, 2.24) is 9.97 Å². The third-order valence-electron chi connectivity index (χ3n) is 6.87. The third kappa shape index (κ3) is 4.55. The van der Waals surface area contributed by atoms with Crippen molar-refractivity contribution in [2.75, 3.05) is 44.4 Å². The molecule has 3 aliphatic rings. The molecule has 0 radical (unpaired) electrons. The summed E-state index contributed by atoms with van der Waals surface area (Å²) in [6.45, 7) is 4.65. The van der Waals surface area contributed by atoms with E-state index in [1.165, 1.54) is 5.69 Å². The van der Waals surface area contributed by atoms with Crippen LogP contribution in [0.1, 0.15) is 29.7 Å². The number of hydrogen-bond acceptors (Lipinski definition) is 8. The van der Waals surface area contributed by atoms with Gasteiger partial charge in [-0.1, -0.05) is 12.1 Å². The van der Waals surface area contributed by atoms with Gasteiger partial charge in [0.1, 0.15) is 29.9 Å². The number of aliphatic imine (C=N–C) groups is 1. The summed E-state index contributed by atoms with van der Waals surface area (Å²) in [7, 11) is 0. The maximum Gasteiger partial charge on any atom is 0.137 e. The molecule has 0 spiro atoms. The molecule has 3 aliphatic heterocycles. The van der Waals surface area contributed by atoms with E-state index in [0.29, 0.717) is 30.9 Å². The molecule has 4 heterocycles. The Balaban J connectivity index is 1.29. The van der Waals surface area contributed by atoms with Crippen LogP contribution in [0.5, 0.6) is 5.75 Å². The minimum absolute atomic E-state index is 0.0698. The molecule has 0 aliphatic carbocycles. The van der Waals surface area contributed by atoms with Crippen molar-refractivity contribution in [2.45, 2.75) is 25.4 Å². The molecule has 182 valence electrons. The molecule has 0 unspecified atom stereocenters. The summed E-state index contributed by atoms with van der Waals surface area (Å²) in [5.41, 5.74) is 6.96. The Kier molecular flexibility index (Phi) is 6.33. The monoisotopic (exact) mass is 481 g/mol. The van der Waals surface area contributed by atoms with Gasteiger partial charge in [-0.25, -0.2) is 15.0 Å². The Hall–Kier alpha value is -3.80. The molecule has 36 heavy (non-hydrogen) atoms. The zero-order valence-electron chi connectivity index (χ0n) is 20.0. The standard InChI is InChI=1S/C28H27N5O3/c29-17-21-14-20(4-5-26(21)36-23-6-10-34-11-7-23)27-28-25(30-18-31-27)16-24(32-28)19-2-1-3-22(15-19)33-8-12-35-13-9-33/h1-5,14-15,18,23H,6-13,16H2. The van der Waals surface area contributed by atoms with E-state index in [4.69, 9.17) is 19.2 Å². The van der Waals surface area contributed by atoms with Crippen LogP contribution in [0.3, 0.4) is 0 Å².